The summed E-state index contributed by atoms with van der Waals surface area (Å²) in [5.41, 5.74) is 0. The highest BCUT2D eigenvalue weighted by molar-refractivity contribution is 9.09. The molecule has 0 amide bonds. The Morgan fingerprint density at radius 3 is 2.92 bits per heavy atom. The molecule has 1 aromatic rings. The number of unbranched alkanes of at least 4 members (excludes halogenated alkanes) is 1. The first-order chi connectivity index (χ1) is 5.84. The Kier molecular flexibility index (Phi) is 4.69. The monoisotopic (exact) mass is 250 g/mol. The third-order valence-corrected chi connectivity index (χ3v) is 2.78. The molecular formula is C8H12BrClN2. The Bertz CT molecular complexity index is 201. The topological polar surface area (TPSA) is 17.8 Å². The first-order valence-corrected chi connectivity index (χ1v) is 5.49. The van der Waals surface area contributed by atoms with Gasteiger partial charge in [-0.2, -0.15) is 5.10 Å². The molecule has 0 spiro atoms. The van der Waals surface area contributed by atoms with Gasteiger partial charge in [-0.1, -0.05) is 15.9 Å². The van der Waals surface area contributed by atoms with Crippen molar-refractivity contribution < 1.29 is 0 Å². The van der Waals surface area contributed by atoms with Crippen molar-refractivity contribution in [3.63, 3.8) is 0 Å². The molecule has 0 aliphatic rings. The number of hydrogen-bond donors (Lipinski definition) is 0. The van der Waals surface area contributed by atoms with Gasteiger partial charge in [-0.3, -0.25) is 4.68 Å². The van der Waals surface area contributed by atoms with Gasteiger partial charge >= 0.3 is 0 Å². The highest BCUT2D eigenvalue weighted by Gasteiger charge is 2.04. The number of nitrogens with zero attached hydrogens (tertiary/aromatic N) is 2. The summed E-state index contributed by atoms with van der Waals surface area (Å²) in [6.45, 7) is 0. The van der Waals surface area contributed by atoms with Crippen LogP contribution in [0.1, 0.15) is 24.2 Å². The maximum Gasteiger partial charge on any atom is 0.107 e. The van der Waals surface area contributed by atoms with Gasteiger partial charge in [0, 0.05) is 18.3 Å². The van der Waals surface area contributed by atoms with Gasteiger partial charge in [0.1, 0.15) is 4.95 Å². The van der Waals surface area contributed by atoms with Crippen LogP contribution in [0.3, 0.4) is 0 Å². The van der Waals surface area contributed by atoms with Crippen LogP contribution in [0.15, 0.2) is 18.5 Å². The molecule has 0 N–H and O–H groups in total. The van der Waals surface area contributed by atoms with E-state index in [1.807, 2.05) is 16.9 Å². The van der Waals surface area contributed by atoms with Gasteiger partial charge in [-0.05, 0) is 25.3 Å². The van der Waals surface area contributed by atoms with E-state index in [9.17, 15) is 0 Å². The average molecular weight is 252 g/mol. The normalized spacial score (nSPS) is 13.2. The van der Waals surface area contributed by atoms with Gasteiger partial charge in [-0.25, -0.2) is 0 Å². The van der Waals surface area contributed by atoms with E-state index < -0.39 is 0 Å². The zero-order chi connectivity index (χ0) is 8.81. The molecule has 0 fully saturated rings. The van der Waals surface area contributed by atoms with Crippen LogP contribution < -0.4 is 0 Å². The Labute approximate surface area is 86.0 Å². The lowest BCUT2D eigenvalue weighted by Gasteiger charge is -2.08. The molecule has 1 unspecified atom stereocenters. The summed E-state index contributed by atoms with van der Waals surface area (Å²) in [7, 11) is 0. The van der Waals surface area contributed by atoms with Crippen molar-refractivity contribution in [2.75, 3.05) is 5.88 Å². The fourth-order valence-electron chi connectivity index (χ4n) is 0.986. The molecule has 0 bridgehead atoms. The number of rotatable bonds is 5. The van der Waals surface area contributed by atoms with Crippen molar-refractivity contribution in [2.45, 2.75) is 24.2 Å². The molecule has 0 saturated carbocycles. The van der Waals surface area contributed by atoms with Crippen LogP contribution in [0, 0.1) is 0 Å². The van der Waals surface area contributed by atoms with E-state index in [4.69, 9.17) is 11.6 Å². The lowest BCUT2D eigenvalue weighted by molar-refractivity contribution is 0.548. The maximum atomic E-state index is 5.57. The third-order valence-electron chi connectivity index (χ3n) is 1.64. The number of hydrogen-bond acceptors (Lipinski definition) is 1. The average Bonchev–Trinajstić information content (AvgIpc) is 2.56. The zero-order valence-electron chi connectivity index (χ0n) is 6.79. The second-order valence-corrected chi connectivity index (χ2v) is 4.04. The summed E-state index contributed by atoms with van der Waals surface area (Å²) in [5, 5.41) is 4.13. The van der Waals surface area contributed by atoms with E-state index in [1.54, 1.807) is 6.20 Å². The van der Waals surface area contributed by atoms with Crippen LogP contribution in [0.4, 0.5) is 0 Å². The Balaban J connectivity index is 2.25. The number of halogens is 2. The van der Waals surface area contributed by atoms with E-state index in [0.29, 0.717) is 4.95 Å². The lowest BCUT2D eigenvalue weighted by Crippen LogP contribution is -2.02. The van der Waals surface area contributed by atoms with Gasteiger partial charge in [0.15, 0.2) is 0 Å². The van der Waals surface area contributed by atoms with Gasteiger partial charge in [0.2, 0.25) is 0 Å². The van der Waals surface area contributed by atoms with E-state index >= 15 is 0 Å². The summed E-state index contributed by atoms with van der Waals surface area (Å²) >= 11 is 9.12. The quantitative estimate of drug-likeness (QED) is 0.580. The fourth-order valence-corrected chi connectivity index (χ4v) is 1.74. The van der Waals surface area contributed by atoms with Crippen LogP contribution in [0.2, 0.25) is 0 Å². The van der Waals surface area contributed by atoms with Gasteiger partial charge in [-0.15, -0.1) is 11.6 Å². The van der Waals surface area contributed by atoms with E-state index in [2.05, 4.69) is 21.0 Å². The molecule has 0 radical (unpaired) electrons. The first kappa shape index (κ1) is 10.1. The SMILES string of the molecule is ClCCCCC(Br)n1cccn1. The Hall–Kier alpha value is -0.0200. The van der Waals surface area contributed by atoms with Crippen LogP contribution in [0.25, 0.3) is 0 Å². The molecule has 0 saturated heterocycles. The molecule has 0 aliphatic heterocycles. The largest absolute Gasteiger partial charge is 0.259 e. The van der Waals surface area contributed by atoms with E-state index in [-0.39, 0.29) is 0 Å². The summed E-state index contributed by atoms with van der Waals surface area (Å²) in [5.74, 6) is 0.749. The summed E-state index contributed by atoms with van der Waals surface area (Å²) in [4.78, 5) is 0.315. The molecule has 68 valence electrons. The van der Waals surface area contributed by atoms with Gasteiger partial charge < -0.3 is 0 Å². The van der Waals surface area contributed by atoms with Crippen LogP contribution in [0.5, 0.6) is 0 Å². The molecular weight excluding hydrogens is 239 g/mol. The van der Waals surface area contributed by atoms with Crippen molar-refractivity contribution in [3.8, 4) is 0 Å². The zero-order valence-corrected chi connectivity index (χ0v) is 9.13. The second kappa shape index (κ2) is 5.60. The molecule has 1 heterocycles. The van der Waals surface area contributed by atoms with E-state index in [0.717, 1.165) is 25.1 Å². The minimum atomic E-state index is 0.315. The highest BCUT2D eigenvalue weighted by atomic mass is 79.9. The molecule has 0 aromatic carbocycles. The molecule has 2 nitrogen and oxygen atoms in total. The fraction of sp³-hybridized carbons (Fsp3) is 0.625. The van der Waals surface area contributed by atoms with Crippen LogP contribution in [-0.2, 0) is 0 Å². The van der Waals surface area contributed by atoms with Crippen molar-refractivity contribution in [3.05, 3.63) is 18.5 Å². The Morgan fingerprint density at radius 1 is 1.50 bits per heavy atom. The molecule has 1 rings (SSSR count). The van der Waals surface area contributed by atoms with Gasteiger partial charge in [0.25, 0.3) is 0 Å². The highest BCUT2D eigenvalue weighted by Crippen LogP contribution is 2.20. The Morgan fingerprint density at radius 2 is 2.33 bits per heavy atom. The molecule has 1 aromatic heterocycles. The van der Waals surface area contributed by atoms with Crippen LogP contribution >= 0.6 is 27.5 Å². The molecule has 12 heavy (non-hydrogen) atoms. The summed E-state index contributed by atoms with van der Waals surface area (Å²) in [6.07, 6.45) is 7.04. The third kappa shape index (κ3) is 3.15. The second-order valence-electron chi connectivity index (χ2n) is 2.61. The van der Waals surface area contributed by atoms with Crippen LogP contribution in [-0.4, -0.2) is 15.7 Å². The standard InChI is InChI=1S/C8H12BrClN2/c9-8(4-1-2-5-10)12-7-3-6-11-12/h3,6-8H,1-2,4-5H2. The van der Waals surface area contributed by atoms with Gasteiger partial charge in [0.05, 0.1) is 0 Å². The number of alkyl halides is 2. The lowest BCUT2D eigenvalue weighted by atomic mass is 10.2. The number of aromatic nitrogens is 2. The van der Waals surface area contributed by atoms with Crippen molar-refractivity contribution in [2.24, 2.45) is 0 Å². The molecule has 0 aliphatic carbocycles. The summed E-state index contributed by atoms with van der Waals surface area (Å²) in [6, 6.07) is 1.93. The first-order valence-electron chi connectivity index (χ1n) is 4.03. The minimum absolute atomic E-state index is 0.315. The predicted molar refractivity (Wildman–Crippen MR) is 54.8 cm³/mol. The predicted octanol–water partition coefficient (Wildman–Crippen LogP) is 3.19. The van der Waals surface area contributed by atoms with Crippen molar-refractivity contribution >= 4 is 27.5 Å². The van der Waals surface area contributed by atoms with E-state index in [1.165, 1.54) is 0 Å². The van der Waals surface area contributed by atoms with Crippen molar-refractivity contribution in [1.29, 1.82) is 0 Å². The molecule has 1 atom stereocenters. The smallest absolute Gasteiger partial charge is 0.107 e. The minimum Gasteiger partial charge on any atom is -0.259 e. The maximum absolute atomic E-state index is 5.57. The van der Waals surface area contributed by atoms with Crippen molar-refractivity contribution in [1.82, 2.24) is 9.78 Å². The molecule has 4 heteroatoms. The summed E-state index contributed by atoms with van der Waals surface area (Å²) < 4.78 is 1.91.